The van der Waals surface area contributed by atoms with Crippen molar-refractivity contribution in [3.05, 3.63) is 35.9 Å². The fourth-order valence-corrected chi connectivity index (χ4v) is 4.46. The van der Waals surface area contributed by atoms with Gasteiger partial charge < -0.3 is 9.16 Å². The molecule has 0 radical (unpaired) electrons. The lowest BCUT2D eigenvalue weighted by molar-refractivity contribution is 0.117. The molecule has 0 amide bonds. The highest BCUT2D eigenvalue weighted by Crippen LogP contribution is 2.37. The molecule has 1 aromatic carbocycles. The van der Waals surface area contributed by atoms with Gasteiger partial charge in [0, 0.05) is 13.7 Å². The number of methoxy groups -OCH3 is 1. The zero-order chi connectivity index (χ0) is 19.9. The third kappa shape index (κ3) is 6.73. The molecule has 1 heterocycles. The maximum absolute atomic E-state index is 6.71. The molecule has 152 valence electrons. The fourth-order valence-electron chi connectivity index (χ4n) is 3.17. The van der Waals surface area contributed by atoms with Gasteiger partial charge in [-0.05, 0) is 49.4 Å². The van der Waals surface area contributed by atoms with Crippen LogP contribution >= 0.6 is 0 Å². The summed E-state index contributed by atoms with van der Waals surface area (Å²) in [5.41, 5.74) is 1.35. The quantitative estimate of drug-likeness (QED) is 0.434. The maximum Gasteiger partial charge on any atom is 0.192 e. The van der Waals surface area contributed by atoms with Gasteiger partial charge in [-0.25, -0.2) is 0 Å². The summed E-state index contributed by atoms with van der Waals surface area (Å²) in [6.07, 6.45) is 6.41. The Balaban J connectivity index is 2.07. The van der Waals surface area contributed by atoms with E-state index in [1.165, 1.54) is 12.0 Å². The summed E-state index contributed by atoms with van der Waals surface area (Å²) in [6, 6.07) is 11.1. The highest BCUT2D eigenvalue weighted by molar-refractivity contribution is 6.74. The molecule has 1 fully saturated rings. The van der Waals surface area contributed by atoms with E-state index in [0.29, 0.717) is 6.04 Å². The van der Waals surface area contributed by atoms with Crippen LogP contribution in [0.2, 0.25) is 18.1 Å². The number of aryl methyl sites for hydroxylation is 1. The van der Waals surface area contributed by atoms with Crippen LogP contribution in [0.15, 0.2) is 35.4 Å². The Kier molecular flexibility index (Phi) is 8.07. The van der Waals surface area contributed by atoms with E-state index in [2.05, 4.69) is 75.4 Å². The van der Waals surface area contributed by atoms with Gasteiger partial charge in [0.15, 0.2) is 8.32 Å². The van der Waals surface area contributed by atoms with Gasteiger partial charge >= 0.3 is 0 Å². The van der Waals surface area contributed by atoms with Crippen molar-refractivity contribution in [3.63, 3.8) is 0 Å². The summed E-state index contributed by atoms with van der Waals surface area (Å²) >= 11 is 0. The smallest absolute Gasteiger partial charge is 0.192 e. The van der Waals surface area contributed by atoms with Crippen molar-refractivity contribution in [1.82, 2.24) is 5.01 Å². The van der Waals surface area contributed by atoms with Gasteiger partial charge in [0.25, 0.3) is 0 Å². The third-order valence-corrected chi connectivity index (χ3v) is 10.4. The van der Waals surface area contributed by atoms with Crippen LogP contribution in [0.1, 0.15) is 45.6 Å². The third-order valence-electron chi connectivity index (χ3n) is 5.90. The lowest BCUT2D eigenvalue weighted by Gasteiger charge is -2.38. The predicted octanol–water partition coefficient (Wildman–Crippen LogP) is 5.11. The maximum atomic E-state index is 6.71. The monoisotopic (exact) mass is 390 g/mol. The molecule has 27 heavy (non-hydrogen) atoms. The minimum atomic E-state index is -1.85. The first-order valence-electron chi connectivity index (χ1n) is 10.2. The Morgan fingerprint density at radius 3 is 2.59 bits per heavy atom. The number of benzene rings is 1. The van der Waals surface area contributed by atoms with Crippen molar-refractivity contribution in [2.24, 2.45) is 5.10 Å². The number of hydrogen-bond acceptors (Lipinski definition) is 4. The molecule has 1 aliphatic heterocycles. The molecule has 5 heteroatoms. The van der Waals surface area contributed by atoms with Crippen molar-refractivity contribution in [2.75, 3.05) is 20.3 Å². The fraction of sp³-hybridized carbons (Fsp3) is 0.682. The lowest BCUT2D eigenvalue weighted by atomic mass is 10.1. The number of hydrogen-bond donors (Lipinski definition) is 0. The van der Waals surface area contributed by atoms with Crippen LogP contribution in [0.3, 0.4) is 0 Å². The molecular formula is C22H38N2O2Si. The highest BCUT2D eigenvalue weighted by Gasteiger charge is 2.39. The molecule has 0 aromatic heterocycles. The molecule has 1 aromatic rings. The Hall–Kier alpha value is -1.17. The van der Waals surface area contributed by atoms with Gasteiger partial charge in [0.1, 0.15) is 0 Å². The van der Waals surface area contributed by atoms with E-state index in [1.54, 1.807) is 7.11 Å². The SMILES string of the molecule is COC[C@@H]1CCCN1/N=C/[C@H](CCc1ccccc1)O[Si](C)(C)C(C)(C)C. The Bertz CT molecular complexity index is 584. The van der Waals surface area contributed by atoms with Gasteiger partial charge in [-0.3, -0.25) is 5.01 Å². The van der Waals surface area contributed by atoms with Crippen molar-refractivity contribution in [1.29, 1.82) is 0 Å². The summed E-state index contributed by atoms with van der Waals surface area (Å²) in [7, 11) is -0.0823. The summed E-state index contributed by atoms with van der Waals surface area (Å²) in [4.78, 5) is 0. The summed E-state index contributed by atoms with van der Waals surface area (Å²) in [5.74, 6) is 0. The average Bonchev–Trinajstić information content (AvgIpc) is 3.04. The molecule has 2 atom stereocenters. The first kappa shape index (κ1) is 22.1. The number of hydrazone groups is 1. The van der Waals surface area contributed by atoms with Gasteiger partial charge in [0.2, 0.25) is 0 Å². The van der Waals surface area contributed by atoms with E-state index >= 15 is 0 Å². The summed E-state index contributed by atoms with van der Waals surface area (Å²) in [5, 5.41) is 7.21. The van der Waals surface area contributed by atoms with Crippen LogP contribution in [0, 0.1) is 0 Å². The van der Waals surface area contributed by atoms with E-state index in [-0.39, 0.29) is 11.1 Å². The Morgan fingerprint density at radius 1 is 1.26 bits per heavy atom. The topological polar surface area (TPSA) is 34.1 Å². The molecular weight excluding hydrogens is 352 g/mol. The number of ether oxygens (including phenoxy) is 1. The molecule has 0 aliphatic carbocycles. The zero-order valence-corrected chi connectivity index (χ0v) is 19.1. The van der Waals surface area contributed by atoms with Crippen LogP contribution in [0.5, 0.6) is 0 Å². The van der Waals surface area contributed by atoms with Crippen molar-refractivity contribution >= 4 is 14.5 Å². The summed E-state index contributed by atoms with van der Waals surface area (Å²) in [6.45, 7) is 13.3. The van der Waals surface area contributed by atoms with E-state index < -0.39 is 8.32 Å². The second kappa shape index (κ2) is 9.85. The van der Waals surface area contributed by atoms with Crippen LogP contribution in [0.4, 0.5) is 0 Å². The Labute approximate surface area is 167 Å². The normalized spacial score (nSPS) is 19.8. The zero-order valence-electron chi connectivity index (χ0n) is 18.1. The van der Waals surface area contributed by atoms with Gasteiger partial charge in [-0.2, -0.15) is 5.10 Å². The largest absolute Gasteiger partial charge is 0.409 e. The number of rotatable bonds is 9. The Morgan fingerprint density at radius 2 is 1.96 bits per heavy atom. The van der Waals surface area contributed by atoms with Crippen molar-refractivity contribution in [2.45, 2.75) is 76.7 Å². The molecule has 0 saturated carbocycles. The molecule has 1 aliphatic rings. The first-order valence-corrected chi connectivity index (χ1v) is 13.1. The molecule has 1 saturated heterocycles. The first-order chi connectivity index (χ1) is 12.7. The molecule has 0 spiro atoms. The van der Waals surface area contributed by atoms with Crippen LogP contribution < -0.4 is 0 Å². The van der Waals surface area contributed by atoms with Gasteiger partial charge in [-0.1, -0.05) is 51.1 Å². The average molecular weight is 391 g/mol. The molecule has 0 bridgehead atoms. The second-order valence-electron chi connectivity index (χ2n) is 9.12. The molecule has 2 rings (SSSR count). The van der Waals surface area contributed by atoms with Crippen LogP contribution in [-0.4, -0.2) is 51.9 Å². The summed E-state index contributed by atoms with van der Waals surface area (Å²) < 4.78 is 12.1. The minimum absolute atomic E-state index is 0.0508. The standard InChI is InChI=1S/C22H38N2O2Si/c1-22(2,3)27(5,6)26-21(15-14-19-11-8-7-9-12-19)17-23-24-16-10-13-20(24)18-25-4/h7-9,11-12,17,20-21H,10,13-16,18H2,1-6H3/b23-17+/t20-,21-/m0/s1. The minimum Gasteiger partial charge on any atom is -0.409 e. The van der Waals surface area contributed by atoms with E-state index in [4.69, 9.17) is 14.3 Å². The lowest BCUT2D eigenvalue weighted by Crippen LogP contribution is -2.44. The van der Waals surface area contributed by atoms with Gasteiger partial charge in [-0.15, -0.1) is 0 Å². The molecule has 4 nitrogen and oxygen atoms in total. The molecule has 0 unspecified atom stereocenters. The van der Waals surface area contributed by atoms with E-state index in [9.17, 15) is 0 Å². The number of nitrogens with zero attached hydrogens (tertiary/aromatic N) is 2. The predicted molar refractivity (Wildman–Crippen MR) is 117 cm³/mol. The van der Waals surface area contributed by atoms with Gasteiger partial charge in [0.05, 0.1) is 25.0 Å². The van der Waals surface area contributed by atoms with Crippen LogP contribution in [0.25, 0.3) is 0 Å². The van der Waals surface area contributed by atoms with Crippen LogP contribution in [-0.2, 0) is 15.6 Å². The van der Waals surface area contributed by atoms with Crippen molar-refractivity contribution in [3.8, 4) is 0 Å². The second-order valence-corrected chi connectivity index (χ2v) is 13.9. The highest BCUT2D eigenvalue weighted by atomic mass is 28.4. The van der Waals surface area contributed by atoms with Crippen molar-refractivity contribution < 1.29 is 9.16 Å². The molecule has 0 N–H and O–H groups in total. The van der Waals surface area contributed by atoms with E-state index in [0.717, 1.165) is 32.4 Å². The van der Waals surface area contributed by atoms with E-state index in [1.807, 2.05) is 0 Å².